The number of hydrogen-bond donors (Lipinski definition) is 1. The molecule has 0 aliphatic carbocycles. The second kappa shape index (κ2) is 9.57. The van der Waals surface area contributed by atoms with Crippen LogP contribution in [0.4, 0.5) is 0 Å². The summed E-state index contributed by atoms with van der Waals surface area (Å²) in [4.78, 5) is 12.0. The maximum Gasteiger partial charge on any atom is 0.307 e. The van der Waals surface area contributed by atoms with Gasteiger partial charge in [0.1, 0.15) is 16.4 Å². The van der Waals surface area contributed by atoms with E-state index in [-0.39, 0.29) is 23.7 Å². The number of sulfonamides is 1. The molecule has 0 heterocycles. The lowest BCUT2D eigenvalue weighted by Crippen LogP contribution is -2.31. The molecule has 8 heteroatoms. The maximum atomic E-state index is 13.1. The highest BCUT2D eigenvalue weighted by Gasteiger charge is 2.27. The van der Waals surface area contributed by atoms with E-state index in [9.17, 15) is 13.2 Å². The molecule has 0 fully saturated rings. The number of aryl methyl sites for hydroxylation is 1. The fourth-order valence-corrected chi connectivity index (χ4v) is 4.07. The van der Waals surface area contributed by atoms with Crippen molar-refractivity contribution in [2.75, 3.05) is 20.8 Å². The summed E-state index contributed by atoms with van der Waals surface area (Å²) in [5, 5.41) is 0. The van der Waals surface area contributed by atoms with Gasteiger partial charge in [-0.25, -0.2) is 13.1 Å². The monoisotopic (exact) mass is 407 g/mol. The lowest BCUT2D eigenvalue weighted by molar-refractivity contribution is -0.143. The lowest BCUT2D eigenvalue weighted by Gasteiger charge is -2.20. The van der Waals surface area contributed by atoms with Gasteiger partial charge in [-0.15, -0.1) is 0 Å². The molecule has 0 aliphatic heterocycles. The molecule has 0 aliphatic rings. The first kappa shape index (κ1) is 21.7. The van der Waals surface area contributed by atoms with Gasteiger partial charge in [0.2, 0.25) is 10.0 Å². The average molecular weight is 407 g/mol. The zero-order valence-corrected chi connectivity index (χ0v) is 17.2. The summed E-state index contributed by atoms with van der Waals surface area (Å²) in [6.45, 7) is 3.84. The van der Waals surface area contributed by atoms with Crippen molar-refractivity contribution < 1.29 is 27.4 Å². The number of methoxy groups -OCH3 is 2. The van der Waals surface area contributed by atoms with Gasteiger partial charge < -0.3 is 14.2 Å². The predicted octanol–water partition coefficient (Wildman–Crippen LogP) is 2.99. The van der Waals surface area contributed by atoms with Gasteiger partial charge in [-0.1, -0.05) is 29.8 Å². The van der Waals surface area contributed by atoms with Crippen molar-refractivity contribution in [3.8, 4) is 11.5 Å². The van der Waals surface area contributed by atoms with Crippen molar-refractivity contribution in [3.05, 3.63) is 53.6 Å². The summed E-state index contributed by atoms with van der Waals surface area (Å²) in [5.74, 6) is 0.0546. The van der Waals surface area contributed by atoms with Crippen molar-refractivity contribution in [3.63, 3.8) is 0 Å². The molecule has 0 aromatic heterocycles. The second-order valence-electron chi connectivity index (χ2n) is 6.11. The first-order valence-corrected chi connectivity index (χ1v) is 10.3. The molecule has 7 nitrogen and oxygen atoms in total. The molecule has 2 aromatic rings. The van der Waals surface area contributed by atoms with E-state index in [4.69, 9.17) is 14.2 Å². The van der Waals surface area contributed by atoms with Crippen LogP contribution in [-0.4, -0.2) is 35.2 Å². The molecule has 2 aromatic carbocycles. The Labute approximate surface area is 165 Å². The fraction of sp³-hybridized carbons (Fsp3) is 0.350. The summed E-state index contributed by atoms with van der Waals surface area (Å²) in [6.07, 6.45) is -0.136. The molecule has 28 heavy (non-hydrogen) atoms. The van der Waals surface area contributed by atoms with Gasteiger partial charge in [-0.2, -0.15) is 0 Å². The van der Waals surface area contributed by atoms with Crippen LogP contribution in [0.2, 0.25) is 0 Å². The Morgan fingerprint density at radius 2 is 1.75 bits per heavy atom. The van der Waals surface area contributed by atoms with Crippen LogP contribution in [0.3, 0.4) is 0 Å². The maximum absolute atomic E-state index is 13.1. The van der Waals surface area contributed by atoms with Crippen LogP contribution < -0.4 is 14.2 Å². The number of carbonyl (C=O) groups is 1. The molecule has 2 rings (SSSR count). The molecule has 0 unspecified atom stereocenters. The van der Waals surface area contributed by atoms with Gasteiger partial charge in [0.15, 0.2) is 0 Å². The topological polar surface area (TPSA) is 90.9 Å². The van der Waals surface area contributed by atoms with Crippen LogP contribution in [0.1, 0.15) is 30.5 Å². The van der Waals surface area contributed by atoms with Crippen LogP contribution in [0, 0.1) is 6.92 Å². The summed E-state index contributed by atoms with van der Waals surface area (Å²) < 4.78 is 44.1. The minimum absolute atomic E-state index is 0.0738. The Balaban J connectivity index is 2.41. The number of esters is 1. The third kappa shape index (κ3) is 5.46. The van der Waals surface area contributed by atoms with Crippen molar-refractivity contribution in [1.29, 1.82) is 0 Å². The van der Waals surface area contributed by atoms with E-state index in [1.807, 2.05) is 19.1 Å². The highest BCUT2D eigenvalue weighted by Crippen LogP contribution is 2.30. The van der Waals surface area contributed by atoms with Crippen LogP contribution >= 0.6 is 0 Å². The van der Waals surface area contributed by atoms with Crippen LogP contribution in [-0.2, 0) is 19.6 Å². The molecule has 0 amide bonds. The van der Waals surface area contributed by atoms with Crippen molar-refractivity contribution in [2.24, 2.45) is 0 Å². The van der Waals surface area contributed by atoms with E-state index in [0.717, 1.165) is 5.56 Å². The molecule has 0 saturated heterocycles. The van der Waals surface area contributed by atoms with Crippen molar-refractivity contribution in [1.82, 2.24) is 4.72 Å². The fourth-order valence-electron chi connectivity index (χ4n) is 2.66. The first-order valence-electron chi connectivity index (χ1n) is 8.77. The average Bonchev–Trinajstić information content (AvgIpc) is 2.67. The number of ether oxygens (including phenoxy) is 3. The number of hydrogen-bond acceptors (Lipinski definition) is 6. The van der Waals surface area contributed by atoms with Gasteiger partial charge in [0.05, 0.1) is 33.3 Å². The van der Waals surface area contributed by atoms with Gasteiger partial charge >= 0.3 is 5.97 Å². The molecule has 0 saturated carbocycles. The highest BCUT2D eigenvalue weighted by atomic mass is 32.2. The van der Waals surface area contributed by atoms with E-state index in [1.165, 1.54) is 26.4 Å². The Hall–Kier alpha value is -2.58. The lowest BCUT2D eigenvalue weighted by atomic mass is 10.0. The zero-order chi connectivity index (χ0) is 20.7. The standard InChI is InChI=1S/C20H25NO6S/c1-5-27-20(22)13-17(15-8-6-14(2)7-9-15)21-28(23,24)19-12-16(25-3)10-11-18(19)26-4/h6-12,17,21H,5,13H2,1-4H3/t17-/m1/s1. The number of benzene rings is 2. The number of rotatable bonds is 9. The number of carbonyl (C=O) groups excluding carboxylic acids is 1. The smallest absolute Gasteiger partial charge is 0.307 e. The van der Waals surface area contributed by atoms with Crippen LogP contribution in [0.5, 0.6) is 11.5 Å². The van der Waals surface area contributed by atoms with Crippen molar-refractivity contribution in [2.45, 2.75) is 31.2 Å². The van der Waals surface area contributed by atoms with E-state index in [2.05, 4.69) is 4.72 Å². The van der Waals surface area contributed by atoms with Crippen LogP contribution in [0.25, 0.3) is 0 Å². The van der Waals surface area contributed by atoms with Crippen LogP contribution in [0.15, 0.2) is 47.4 Å². The first-order chi connectivity index (χ1) is 13.3. The van der Waals surface area contributed by atoms with E-state index < -0.39 is 22.0 Å². The van der Waals surface area contributed by atoms with Gasteiger partial charge in [-0.3, -0.25) is 4.79 Å². The predicted molar refractivity (Wildman–Crippen MR) is 105 cm³/mol. The summed E-state index contributed by atoms with van der Waals surface area (Å²) in [5.41, 5.74) is 1.68. The molecular weight excluding hydrogens is 382 g/mol. The highest BCUT2D eigenvalue weighted by molar-refractivity contribution is 7.89. The normalized spacial score (nSPS) is 12.3. The quantitative estimate of drug-likeness (QED) is 0.643. The third-order valence-corrected chi connectivity index (χ3v) is 5.61. The zero-order valence-electron chi connectivity index (χ0n) is 16.4. The Morgan fingerprint density at radius 1 is 1.07 bits per heavy atom. The molecular formula is C20H25NO6S. The molecule has 1 N–H and O–H groups in total. The molecule has 152 valence electrons. The summed E-state index contributed by atoms with van der Waals surface area (Å²) in [6, 6.07) is 11.0. The Bertz CT molecular complexity index is 909. The van der Waals surface area contributed by atoms with Crippen molar-refractivity contribution >= 4 is 16.0 Å². The molecule has 0 radical (unpaired) electrons. The van der Waals surface area contributed by atoms with E-state index >= 15 is 0 Å². The van der Waals surface area contributed by atoms with Gasteiger partial charge in [-0.05, 0) is 31.5 Å². The molecule has 0 bridgehead atoms. The Morgan fingerprint density at radius 3 is 2.32 bits per heavy atom. The number of nitrogens with one attached hydrogen (secondary N) is 1. The summed E-state index contributed by atoms with van der Waals surface area (Å²) in [7, 11) is -1.18. The molecule has 1 atom stereocenters. The Kier molecular flexibility index (Phi) is 7.42. The molecule has 0 spiro atoms. The minimum atomic E-state index is -4.02. The largest absolute Gasteiger partial charge is 0.497 e. The van der Waals surface area contributed by atoms with Gasteiger partial charge in [0.25, 0.3) is 0 Å². The minimum Gasteiger partial charge on any atom is -0.497 e. The summed E-state index contributed by atoms with van der Waals surface area (Å²) >= 11 is 0. The van der Waals surface area contributed by atoms with E-state index in [0.29, 0.717) is 11.3 Å². The van der Waals surface area contributed by atoms with E-state index in [1.54, 1.807) is 25.1 Å². The third-order valence-electron chi connectivity index (χ3n) is 4.11. The SMILES string of the molecule is CCOC(=O)C[C@@H](NS(=O)(=O)c1cc(OC)ccc1OC)c1ccc(C)cc1. The van der Waals surface area contributed by atoms with Gasteiger partial charge in [0, 0.05) is 6.07 Å². The second-order valence-corrected chi connectivity index (χ2v) is 7.79.